The molecule has 0 aliphatic rings. The lowest BCUT2D eigenvalue weighted by atomic mass is 10.1. The number of nitriles is 1. The Morgan fingerprint density at radius 3 is 2.59 bits per heavy atom. The summed E-state index contributed by atoms with van der Waals surface area (Å²) < 4.78 is 1.25. The molecule has 0 fully saturated rings. The second kappa shape index (κ2) is 6.27. The molecule has 4 heteroatoms. The third-order valence-corrected chi connectivity index (χ3v) is 5.21. The van der Waals surface area contributed by atoms with E-state index in [2.05, 4.69) is 38.2 Å². The van der Waals surface area contributed by atoms with Gasteiger partial charge in [0.05, 0.1) is 28.9 Å². The smallest absolute Gasteiger partial charge is 0.151 e. The lowest BCUT2D eigenvalue weighted by Crippen LogP contribution is -3.07. The van der Waals surface area contributed by atoms with Crippen molar-refractivity contribution in [3.63, 3.8) is 0 Å². The Hall–Kier alpha value is -2.22. The molecule has 0 bridgehead atoms. The summed E-state index contributed by atoms with van der Waals surface area (Å²) in [6.07, 6.45) is 0. The number of nitrogens with one attached hydrogen (secondary N) is 1. The van der Waals surface area contributed by atoms with Gasteiger partial charge in [-0.2, -0.15) is 5.26 Å². The molecule has 22 heavy (non-hydrogen) atoms. The second-order valence-corrected chi connectivity index (χ2v) is 6.64. The highest BCUT2D eigenvalue weighted by Gasteiger charge is 2.19. The van der Waals surface area contributed by atoms with Crippen molar-refractivity contribution in [3.05, 3.63) is 64.7 Å². The van der Waals surface area contributed by atoms with Crippen molar-refractivity contribution in [1.29, 1.82) is 5.26 Å². The van der Waals surface area contributed by atoms with Crippen LogP contribution < -0.4 is 4.90 Å². The standard InChI is InChI=1S/C18H17N3S/c1-13(18-20-16-5-3-4-6-17(16)22-18)21(2)12-15-9-7-14(11-19)8-10-15/h3-10,13H,12H2,1-2H3/p+1/t13-/m1/s1. The van der Waals surface area contributed by atoms with E-state index in [1.807, 2.05) is 30.3 Å². The molecule has 1 aromatic heterocycles. The first-order valence-electron chi connectivity index (χ1n) is 7.34. The topological polar surface area (TPSA) is 41.1 Å². The van der Waals surface area contributed by atoms with Gasteiger partial charge in [-0.1, -0.05) is 24.3 Å². The van der Waals surface area contributed by atoms with Crippen LogP contribution in [0.1, 0.15) is 29.1 Å². The monoisotopic (exact) mass is 308 g/mol. The van der Waals surface area contributed by atoms with Crippen molar-refractivity contribution in [2.45, 2.75) is 19.5 Å². The van der Waals surface area contributed by atoms with Crippen molar-refractivity contribution in [3.8, 4) is 6.07 Å². The van der Waals surface area contributed by atoms with E-state index in [1.54, 1.807) is 11.3 Å². The fourth-order valence-electron chi connectivity index (χ4n) is 2.46. The quantitative estimate of drug-likeness (QED) is 0.805. The van der Waals surface area contributed by atoms with Crippen molar-refractivity contribution in [1.82, 2.24) is 4.98 Å². The van der Waals surface area contributed by atoms with Crippen LogP contribution in [-0.2, 0) is 6.54 Å². The zero-order valence-electron chi connectivity index (χ0n) is 12.7. The van der Waals surface area contributed by atoms with Crippen LogP contribution in [0.15, 0.2) is 48.5 Å². The van der Waals surface area contributed by atoms with Gasteiger partial charge in [0.25, 0.3) is 0 Å². The summed E-state index contributed by atoms with van der Waals surface area (Å²) >= 11 is 1.78. The van der Waals surface area contributed by atoms with Crippen molar-refractivity contribution in [2.24, 2.45) is 0 Å². The molecule has 3 nitrogen and oxygen atoms in total. The summed E-state index contributed by atoms with van der Waals surface area (Å²) in [6.45, 7) is 3.14. The van der Waals surface area contributed by atoms with Crippen LogP contribution in [0.5, 0.6) is 0 Å². The van der Waals surface area contributed by atoms with Crippen LogP contribution in [0, 0.1) is 11.3 Å². The van der Waals surface area contributed by atoms with Crippen LogP contribution in [-0.4, -0.2) is 12.0 Å². The number of benzene rings is 2. The van der Waals surface area contributed by atoms with Gasteiger partial charge >= 0.3 is 0 Å². The van der Waals surface area contributed by atoms with E-state index >= 15 is 0 Å². The fourth-order valence-corrected chi connectivity index (χ4v) is 3.57. The number of nitrogens with zero attached hydrogens (tertiary/aromatic N) is 2. The molecule has 1 unspecified atom stereocenters. The molecule has 0 amide bonds. The minimum atomic E-state index is 0.341. The lowest BCUT2D eigenvalue weighted by Gasteiger charge is -2.20. The molecule has 2 atom stereocenters. The SMILES string of the molecule is C[C@H](c1nc2ccccc2s1)[NH+](C)Cc1ccc(C#N)cc1. The largest absolute Gasteiger partial charge is 0.326 e. The summed E-state index contributed by atoms with van der Waals surface area (Å²) in [4.78, 5) is 6.15. The summed E-state index contributed by atoms with van der Waals surface area (Å²) in [5.74, 6) is 0. The van der Waals surface area contributed by atoms with Gasteiger partial charge < -0.3 is 4.90 Å². The molecule has 3 rings (SSSR count). The van der Waals surface area contributed by atoms with Crippen molar-refractivity contribution in [2.75, 3.05) is 7.05 Å². The van der Waals surface area contributed by atoms with Crippen molar-refractivity contribution < 1.29 is 4.90 Å². The summed E-state index contributed by atoms with van der Waals surface area (Å²) in [6, 6.07) is 18.6. The number of aromatic nitrogens is 1. The average Bonchev–Trinajstić information content (AvgIpc) is 2.98. The van der Waals surface area contributed by atoms with Gasteiger partial charge in [-0.15, -0.1) is 11.3 Å². The molecule has 1 N–H and O–H groups in total. The summed E-state index contributed by atoms with van der Waals surface area (Å²) in [5.41, 5.74) is 3.03. The van der Waals surface area contributed by atoms with E-state index < -0.39 is 0 Å². The Labute approximate surface area is 134 Å². The summed E-state index contributed by atoms with van der Waals surface area (Å²) in [7, 11) is 2.19. The maximum atomic E-state index is 8.85. The predicted octanol–water partition coefficient (Wildman–Crippen LogP) is 2.94. The van der Waals surface area contributed by atoms with Crippen molar-refractivity contribution >= 4 is 21.6 Å². The van der Waals surface area contributed by atoms with Gasteiger partial charge in [0.1, 0.15) is 12.6 Å². The Kier molecular flexibility index (Phi) is 4.19. The molecular formula is C18H18N3S+. The van der Waals surface area contributed by atoms with E-state index in [9.17, 15) is 0 Å². The molecule has 3 aromatic rings. The maximum Gasteiger partial charge on any atom is 0.151 e. The first kappa shape index (κ1) is 14.7. The highest BCUT2D eigenvalue weighted by Crippen LogP contribution is 2.24. The molecule has 1 heterocycles. The number of quaternary nitrogens is 1. The average molecular weight is 308 g/mol. The number of fused-ring (bicyclic) bond motifs is 1. The Balaban J connectivity index is 1.75. The molecule has 0 aliphatic heterocycles. The lowest BCUT2D eigenvalue weighted by molar-refractivity contribution is -0.923. The molecule has 0 saturated carbocycles. The zero-order chi connectivity index (χ0) is 15.5. The first-order chi connectivity index (χ1) is 10.7. The van der Waals surface area contributed by atoms with Gasteiger partial charge in [-0.3, -0.25) is 0 Å². The molecule has 0 radical (unpaired) electrons. The van der Waals surface area contributed by atoms with E-state index in [0.717, 1.165) is 12.1 Å². The van der Waals surface area contributed by atoms with E-state index in [1.165, 1.54) is 20.2 Å². The van der Waals surface area contributed by atoms with E-state index in [-0.39, 0.29) is 0 Å². The maximum absolute atomic E-state index is 8.85. The Morgan fingerprint density at radius 1 is 1.18 bits per heavy atom. The molecule has 0 aliphatic carbocycles. The first-order valence-corrected chi connectivity index (χ1v) is 8.16. The number of thiazole rings is 1. The zero-order valence-corrected chi connectivity index (χ0v) is 13.5. The normalized spacial score (nSPS) is 13.7. The Bertz CT molecular complexity index is 781. The van der Waals surface area contributed by atoms with Crippen LogP contribution >= 0.6 is 11.3 Å². The van der Waals surface area contributed by atoms with E-state index in [0.29, 0.717) is 11.6 Å². The van der Waals surface area contributed by atoms with Crippen LogP contribution in [0.25, 0.3) is 10.2 Å². The highest BCUT2D eigenvalue weighted by molar-refractivity contribution is 7.18. The third kappa shape index (κ3) is 3.01. The number of rotatable bonds is 4. The minimum Gasteiger partial charge on any atom is -0.326 e. The molecule has 110 valence electrons. The molecule has 2 aromatic carbocycles. The second-order valence-electron chi connectivity index (χ2n) is 5.57. The van der Waals surface area contributed by atoms with Gasteiger partial charge in [-0.05, 0) is 31.2 Å². The van der Waals surface area contributed by atoms with E-state index in [4.69, 9.17) is 10.2 Å². The van der Waals surface area contributed by atoms with Gasteiger partial charge in [-0.25, -0.2) is 4.98 Å². The number of hydrogen-bond donors (Lipinski definition) is 1. The highest BCUT2D eigenvalue weighted by atomic mass is 32.1. The van der Waals surface area contributed by atoms with Crippen LogP contribution in [0.4, 0.5) is 0 Å². The number of hydrogen-bond acceptors (Lipinski definition) is 3. The fraction of sp³-hybridized carbons (Fsp3) is 0.222. The predicted molar refractivity (Wildman–Crippen MR) is 89.8 cm³/mol. The molecular weight excluding hydrogens is 290 g/mol. The van der Waals surface area contributed by atoms with Crippen LogP contribution in [0.2, 0.25) is 0 Å². The molecule has 0 saturated heterocycles. The summed E-state index contributed by atoms with van der Waals surface area (Å²) in [5, 5.41) is 10.0. The minimum absolute atomic E-state index is 0.341. The third-order valence-electron chi connectivity index (χ3n) is 3.99. The van der Waals surface area contributed by atoms with Gasteiger partial charge in [0.15, 0.2) is 5.01 Å². The van der Waals surface area contributed by atoms with Crippen LogP contribution in [0.3, 0.4) is 0 Å². The number of para-hydroxylation sites is 1. The molecule has 0 spiro atoms. The van der Waals surface area contributed by atoms with Gasteiger partial charge in [0.2, 0.25) is 0 Å². The van der Waals surface area contributed by atoms with Gasteiger partial charge in [0, 0.05) is 5.56 Å². The Morgan fingerprint density at radius 2 is 1.91 bits per heavy atom.